The number of carbonyl (C=O) groups is 3. The molecule has 0 bridgehead atoms. The lowest BCUT2D eigenvalue weighted by molar-refractivity contribution is -0.166. The molecule has 6 nitrogen and oxygen atoms in total. The molecule has 0 aliphatic carbocycles. The van der Waals surface area contributed by atoms with E-state index in [1.54, 1.807) is 0 Å². The van der Waals surface area contributed by atoms with Gasteiger partial charge in [0.25, 0.3) is 0 Å². The maximum absolute atomic E-state index is 12.9. The molecule has 0 aromatic rings. The highest BCUT2D eigenvalue weighted by Gasteiger charge is 2.19. The highest BCUT2D eigenvalue weighted by molar-refractivity contribution is 5.71. The third-order valence-corrected chi connectivity index (χ3v) is 12.1. The average molecular weight is 1010 g/mol. The maximum Gasteiger partial charge on any atom is 0.306 e. The fourth-order valence-corrected chi connectivity index (χ4v) is 7.68. The van der Waals surface area contributed by atoms with Gasteiger partial charge in [-0.25, -0.2) is 0 Å². The molecule has 0 unspecified atom stereocenters. The van der Waals surface area contributed by atoms with Crippen LogP contribution in [0, 0.1) is 0 Å². The van der Waals surface area contributed by atoms with Crippen LogP contribution in [0.15, 0.2) is 134 Å². The van der Waals surface area contributed by atoms with Crippen molar-refractivity contribution in [3.05, 3.63) is 134 Å². The summed E-state index contributed by atoms with van der Waals surface area (Å²) < 4.78 is 16.8. The molecule has 0 N–H and O–H groups in total. The van der Waals surface area contributed by atoms with Crippen LogP contribution in [0.2, 0.25) is 0 Å². The van der Waals surface area contributed by atoms with E-state index < -0.39 is 6.10 Å². The standard InChI is InChI=1S/C67H108O6/c1-4-7-10-13-16-19-22-25-28-31-33-36-39-42-45-48-51-54-57-60-66(69)72-63-64(62-71-65(68)59-56-53-50-47-44-41-38-35-30-27-24-21-18-15-12-9-6-3)73-67(70)61-58-55-52-49-46-43-40-37-34-32-29-26-23-20-17-14-11-8-5-2/h9,12,16-21,25-30,33,36,38,41-42,45,51,54,64H,4-8,10-11,13-15,22-24,31-32,34-35,37,39-40,43-44,46-50,52-53,55-63H2,1-3H3/b12-9-,19-16-,20-17-,21-18-,28-25-,29-26-,30-27-,36-33-,41-38-,45-42-,54-51-/t64-/m1/s1. The zero-order valence-corrected chi connectivity index (χ0v) is 47.1. The van der Waals surface area contributed by atoms with Gasteiger partial charge in [0, 0.05) is 19.3 Å². The second-order valence-corrected chi connectivity index (χ2v) is 19.2. The van der Waals surface area contributed by atoms with Gasteiger partial charge in [-0.05, 0) is 128 Å². The fourth-order valence-electron chi connectivity index (χ4n) is 7.68. The SMILES string of the molecule is CC/C=C\C/C=C\C/C=C\C/C=C\CCCCCCC(=O)OC[C@H](COC(=O)CC/C=C\C/C=C\C/C=C\C/C=C\C/C=C\CCCCC)OC(=O)CCCCCCCCCCC/C=C\C/C=C\CCCCC. The van der Waals surface area contributed by atoms with Gasteiger partial charge in [0.05, 0.1) is 0 Å². The zero-order chi connectivity index (χ0) is 52.9. The second kappa shape index (κ2) is 60.1. The van der Waals surface area contributed by atoms with Crippen molar-refractivity contribution < 1.29 is 28.6 Å². The van der Waals surface area contributed by atoms with Gasteiger partial charge in [0.2, 0.25) is 0 Å². The smallest absolute Gasteiger partial charge is 0.306 e. The Bertz CT molecular complexity index is 1580. The molecule has 0 radical (unpaired) electrons. The summed E-state index contributed by atoms with van der Waals surface area (Å²) in [6.45, 7) is 6.38. The molecule has 0 saturated carbocycles. The van der Waals surface area contributed by atoms with Gasteiger partial charge in [0.15, 0.2) is 6.10 Å². The first-order valence-electron chi connectivity index (χ1n) is 29.7. The predicted octanol–water partition coefficient (Wildman–Crippen LogP) is 20.2. The first-order chi connectivity index (χ1) is 36.0. The first-order valence-corrected chi connectivity index (χ1v) is 29.7. The number of esters is 3. The Kier molecular flexibility index (Phi) is 56.4. The number of carbonyl (C=O) groups excluding carboxylic acids is 3. The van der Waals surface area contributed by atoms with Crippen molar-refractivity contribution in [1.29, 1.82) is 0 Å². The Morgan fingerprint density at radius 1 is 0.288 bits per heavy atom. The van der Waals surface area contributed by atoms with Crippen LogP contribution in [-0.2, 0) is 28.6 Å². The summed E-state index contributed by atoms with van der Waals surface area (Å²) in [5.41, 5.74) is 0. The van der Waals surface area contributed by atoms with Gasteiger partial charge < -0.3 is 14.2 Å². The van der Waals surface area contributed by atoms with Gasteiger partial charge in [-0.1, -0.05) is 238 Å². The van der Waals surface area contributed by atoms with E-state index in [1.165, 1.54) is 96.3 Å². The van der Waals surface area contributed by atoms with Crippen LogP contribution >= 0.6 is 0 Å². The summed E-state index contributed by atoms with van der Waals surface area (Å²) in [5, 5.41) is 0. The van der Waals surface area contributed by atoms with Gasteiger partial charge in [-0.3, -0.25) is 14.4 Å². The number of unbranched alkanes of at least 4 members (excludes halogenated alkanes) is 19. The Balaban J connectivity index is 4.56. The van der Waals surface area contributed by atoms with Crippen molar-refractivity contribution in [2.24, 2.45) is 0 Å². The Labute approximate surface area is 449 Å². The summed E-state index contributed by atoms with van der Waals surface area (Å²) in [6, 6.07) is 0. The lowest BCUT2D eigenvalue weighted by atomic mass is 10.1. The predicted molar refractivity (Wildman–Crippen MR) is 316 cm³/mol. The molecule has 0 rings (SSSR count). The van der Waals surface area contributed by atoms with Gasteiger partial charge in [0.1, 0.15) is 13.2 Å². The van der Waals surface area contributed by atoms with E-state index in [1.807, 2.05) is 6.08 Å². The van der Waals surface area contributed by atoms with E-state index in [-0.39, 0.29) is 37.5 Å². The van der Waals surface area contributed by atoms with Crippen molar-refractivity contribution in [3.63, 3.8) is 0 Å². The maximum atomic E-state index is 12.9. The molecule has 412 valence electrons. The van der Waals surface area contributed by atoms with Crippen LogP contribution in [0.5, 0.6) is 0 Å². The van der Waals surface area contributed by atoms with E-state index in [2.05, 4.69) is 148 Å². The molecule has 0 aromatic heterocycles. The third-order valence-electron chi connectivity index (χ3n) is 12.1. The average Bonchev–Trinajstić information content (AvgIpc) is 3.39. The molecule has 73 heavy (non-hydrogen) atoms. The van der Waals surface area contributed by atoms with E-state index >= 15 is 0 Å². The van der Waals surface area contributed by atoms with E-state index in [4.69, 9.17) is 14.2 Å². The molecule has 0 spiro atoms. The lowest BCUT2D eigenvalue weighted by Gasteiger charge is -2.18. The quantitative estimate of drug-likeness (QED) is 0.0261. The molecule has 0 fully saturated rings. The summed E-state index contributed by atoms with van der Waals surface area (Å²) >= 11 is 0. The number of hydrogen-bond acceptors (Lipinski definition) is 6. The molecule has 0 amide bonds. The molecule has 0 saturated heterocycles. The number of allylic oxidation sites excluding steroid dienone is 22. The molecular formula is C67H108O6. The van der Waals surface area contributed by atoms with Gasteiger partial charge in [-0.2, -0.15) is 0 Å². The topological polar surface area (TPSA) is 78.9 Å². The van der Waals surface area contributed by atoms with E-state index in [0.717, 1.165) is 109 Å². The minimum absolute atomic E-state index is 0.120. The normalized spacial score (nSPS) is 13.1. The van der Waals surface area contributed by atoms with Crippen molar-refractivity contribution in [2.75, 3.05) is 13.2 Å². The van der Waals surface area contributed by atoms with Crippen molar-refractivity contribution in [3.8, 4) is 0 Å². The largest absolute Gasteiger partial charge is 0.462 e. The minimum Gasteiger partial charge on any atom is -0.462 e. The van der Waals surface area contributed by atoms with Crippen LogP contribution < -0.4 is 0 Å². The second-order valence-electron chi connectivity index (χ2n) is 19.2. The molecule has 6 heteroatoms. The molecule has 0 aromatic carbocycles. The Hall–Kier alpha value is -4.45. The van der Waals surface area contributed by atoms with Gasteiger partial charge >= 0.3 is 17.9 Å². The third kappa shape index (κ3) is 58.3. The number of hydrogen-bond donors (Lipinski definition) is 0. The van der Waals surface area contributed by atoms with Crippen LogP contribution in [0.25, 0.3) is 0 Å². The van der Waals surface area contributed by atoms with Crippen molar-refractivity contribution in [2.45, 2.75) is 258 Å². The number of ether oxygens (including phenoxy) is 3. The highest BCUT2D eigenvalue weighted by atomic mass is 16.6. The molecular weight excluding hydrogens is 901 g/mol. The monoisotopic (exact) mass is 1010 g/mol. The Morgan fingerprint density at radius 3 is 0.918 bits per heavy atom. The highest BCUT2D eigenvalue weighted by Crippen LogP contribution is 2.14. The van der Waals surface area contributed by atoms with Crippen LogP contribution in [0.4, 0.5) is 0 Å². The molecule has 0 aliphatic rings. The fraction of sp³-hybridized carbons (Fsp3) is 0.627. The first kappa shape index (κ1) is 68.6. The van der Waals surface area contributed by atoms with Crippen LogP contribution in [0.1, 0.15) is 252 Å². The van der Waals surface area contributed by atoms with Crippen molar-refractivity contribution in [1.82, 2.24) is 0 Å². The summed E-state index contributed by atoms with van der Waals surface area (Å²) in [4.78, 5) is 38.2. The summed E-state index contributed by atoms with van der Waals surface area (Å²) in [5.74, 6) is -1.03. The summed E-state index contributed by atoms with van der Waals surface area (Å²) in [6.07, 6.45) is 84.5. The van der Waals surface area contributed by atoms with E-state index in [9.17, 15) is 14.4 Å². The zero-order valence-electron chi connectivity index (χ0n) is 47.1. The molecule has 1 atom stereocenters. The van der Waals surface area contributed by atoms with Crippen LogP contribution in [0.3, 0.4) is 0 Å². The Morgan fingerprint density at radius 2 is 0.562 bits per heavy atom. The van der Waals surface area contributed by atoms with Crippen molar-refractivity contribution >= 4 is 17.9 Å². The van der Waals surface area contributed by atoms with Gasteiger partial charge in [-0.15, -0.1) is 0 Å². The minimum atomic E-state index is -0.827. The molecule has 0 aliphatic heterocycles. The summed E-state index contributed by atoms with van der Waals surface area (Å²) in [7, 11) is 0. The van der Waals surface area contributed by atoms with E-state index in [0.29, 0.717) is 19.3 Å². The van der Waals surface area contributed by atoms with Crippen LogP contribution in [-0.4, -0.2) is 37.2 Å². The number of rotatable bonds is 52. The lowest BCUT2D eigenvalue weighted by Crippen LogP contribution is -2.30. The molecule has 0 heterocycles.